The lowest BCUT2D eigenvalue weighted by molar-refractivity contribution is 0.590. The Morgan fingerprint density at radius 3 is 1.46 bits per heavy atom. The van der Waals surface area contributed by atoms with Gasteiger partial charge in [-0.1, -0.05) is 174 Å². The number of para-hydroxylation sites is 1. The van der Waals surface area contributed by atoms with E-state index in [4.69, 9.17) is 0 Å². The van der Waals surface area contributed by atoms with Gasteiger partial charge in [0.2, 0.25) is 0 Å². The van der Waals surface area contributed by atoms with Gasteiger partial charge in [0, 0.05) is 70.8 Å². The average molecular weight is 924 g/mol. The van der Waals surface area contributed by atoms with E-state index in [0.29, 0.717) is 0 Å². The van der Waals surface area contributed by atoms with Gasteiger partial charge in [0.05, 0.1) is 11.0 Å². The molecule has 0 unspecified atom stereocenters. The number of rotatable bonds is 1. The van der Waals surface area contributed by atoms with Crippen molar-refractivity contribution in [1.29, 1.82) is 0 Å². The maximum absolute atomic E-state index is 2.72. The number of aromatic nitrogens is 1. The van der Waals surface area contributed by atoms with Crippen molar-refractivity contribution in [3.8, 4) is 5.69 Å². The van der Waals surface area contributed by atoms with Crippen molar-refractivity contribution in [1.82, 2.24) is 4.57 Å². The molecule has 0 fully saturated rings. The standard InChI is InChI=1S/C64H59B2N3S/c1-61(2,3)36-21-26-40(27-22-36)67-49-28-23-37(62(4,5)6)31-44(49)65-45-32-38(63(7,8)9)24-29-50(45)69-51-30-25-39(64(10,11)12)33-46(51)66-47-34-43-41-17-14-16-20-54(41)70-60(43)55-42-18-13-15-19-48(42)68(58(47)55)53-35-52(67)56(65)59(69)57(53)66/h13-35H,1-12H3. The molecule has 0 saturated heterocycles. The summed E-state index contributed by atoms with van der Waals surface area (Å²) in [6.45, 7) is 28.3. The smallest absolute Gasteiger partial charge is 0.252 e. The van der Waals surface area contributed by atoms with Crippen molar-refractivity contribution in [2.24, 2.45) is 0 Å². The fourth-order valence-corrected chi connectivity index (χ4v) is 14.1. The van der Waals surface area contributed by atoms with Gasteiger partial charge in [-0.15, -0.1) is 11.3 Å². The Morgan fingerprint density at radius 1 is 0.400 bits per heavy atom. The first-order valence-electron chi connectivity index (χ1n) is 25.5. The fourth-order valence-electron chi connectivity index (χ4n) is 12.9. The molecule has 14 rings (SSSR count). The van der Waals surface area contributed by atoms with Crippen LogP contribution < -0.4 is 42.6 Å². The van der Waals surface area contributed by atoms with Gasteiger partial charge in [0.1, 0.15) is 0 Å². The van der Waals surface area contributed by atoms with Crippen LogP contribution >= 0.6 is 11.3 Å². The van der Waals surface area contributed by atoms with E-state index in [0.717, 1.165) is 0 Å². The summed E-state index contributed by atoms with van der Waals surface area (Å²) in [4.78, 5) is 5.36. The van der Waals surface area contributed by atoms with Gasteiger partial charge in [0.25, 0.3) is 13.4 Å². The summed E-state index contributed by atoms with van der Waals surface area (Å²) >= 11 is 1.95. The van der Waals surface area contributed by atoms with E-state index in [1.807, 2.05) is 11.3 Å². The van der Waals surface area contributed by atoms with Crippen LogP contribution in [0.3, 0.4) is 0 Å². The largest absolute Gasteiger partial charge is 0.312 e. The predicted molar refractivity (Wildman–Crippen MR) is 307 cm³/mol. The summed E-state index contributed by atoms with van der Waals surface area (Å²) in [6, 6.07) is 55.5. The zero-order valence-electron chi connectivity index (χ0n) is 42.7. The topological polar surface area (TPSA) is 11.4 Å². The molecule has 342 valence electrons. The highest BCUT2D eigenvalue weighted by molar-refractivity contribution is 7.27. The van der Waals surface area contributed by atoms with Gasteiger partial charge < -0.3 is 14.4 Å². The number of fused-ring (bicyclic) bond motifs is 17. The number of thiophene rings is 1. The molecule has 0 bridgehead atoms. The molecule has 0 atom stereocenters. The normalized spacial score (nSPS) is 14.7. The van der Waals surface area contributed by atoms with Crippen LogP contribution in [0.4, 0.5) is 34.1 Å². The molecule has 10 aromatic rings. The zero-order chi connectivity index (χ0) is 48.3. The molecule has 0 spiro atoms. The highest BCUT2D eigenvalue weighted by atomic mass is 32.1. The van der Waals surface area contributed by atoms with E-state index in [1.54, 1.807) is 0 Å². The summed E-state index contributed by atoms with van der Waals surface area (Å²) < 4.78 is 5.41. The van der Waals surface area contributed by atoms with Crippen LogP contribution in [0.15, 0.2) is 140 Å². The van der Waals surface area contributed by atoms with E-state index in [9.17, 15) is 0 Å². The molecular weight excluding hydrogens is 864 g/mol. The molecule has 70 heavy (non-hydrogen) atoms. The molecule has 2 aromatic heterocycles. The maximum atomic E-state index is 2.72. The first kappa shape index (κ1) is 42.4. The quantitative estimate of drug-likeness (QED) is 0.152. The second kappa shape index (κ2) is 13.7. The lowest BCUT2D eigenvalue weighted by Gasteiger charge is -2.50. The minimum atomic E-state index is -0.0373. The van der Waals surface area contributed by atoms with Crippen LogP contribution in [-0.4, -0.2) is 18.0 Å². The molecule has 8 aromatic carbocycles. The number of nitrogens with zero attached hydrogens (tertiary/aromatic N) is 3. The van der Waals surface area contributed by atoms with Crippen LogP contribution in [0.1, 0.15) is 105 Å². The Kier molecular flexibility index (Phi) is 8.28. The number of hydrogen-bond donors (Lipinski definition) is 0. The minimum absolute atomic E-state index is 0.00379. The highest BCUT2D eigenvalue weighted by Gasteiger charge is 2.52. The van der Waals surface area contributed by atoms with E-state index in [2.05, 4.69) is 237 Å². The molecule has 0 amide bonds. The van der Waals surface area contributed by atoms with E-state index < -0.39 is 0 Å². The predicted octanol–water partition coefficient (Wildman–Crippen LogP) is 13.6. The summed E-state index contributed by atoms with van der Waals surface area (Å²) in [5.74, 6) is 0. The Bertz CT molecular complexity index is 3930. The molecule has 0 aliphatic carbocycles. The van der Waals surface area contributed by atoms with Crippen molar-refractivity contribution < 1.29 is 0 Å². The van der Waals surface area contributed by atoms with E-state index >= 15 is 0 Å². The Hall–Kier alpha value is -6.49. The average Bonchev–Trinajstić information content (AvgIpc) is 3.87. The summed E-state index contributed by atoms with van der Waals surface area (Å²) in [7, 11) is 0. The fraction of sp³-hybridized carbons (Fsp3) is 0.250. The number of hydrogen-bond acceptors (Lipinski definition) is 3. The van der Waals surface area contributed by atoms with Crippen LogP contribution in [0.2, 0.25) is 0 Å². The minimum Gasteiger partial charge on any atom is -0.312 e. The van der Waals surface area contributed by atoms with Crippen molar-refractivity contribution >= 4 is 134 Å². The first-order chi connectivity index (χ1) is 33.3. The van der Waals surface area contributed by atoms with E-state index in [1.165, 1.54) is 137 Å². The maximum Gasteiger partial charge on any atom is 0.252 e. The Labute approximate surface area is 417 Å². The second-order valence-electron chi connectivity index (χ2n) is 25.0. The van der Waals surface area contributed by atoms with Crippen LogP contribution in [0.25, 0.3) is 47.7 Å². The molecule has 0 radical (unpaired) electrons. The molecule has 6 heterocycles. The van der Waals surface area contributed by atoms with Crippen LogP contribution in [0, 0.1) is 0 Å². The zero-order valence-corrected chi connectivity index (χ0v) is 43.5. The first-order valence-corrected chi connectivity index (χ1v) is 26.3. The third-order valence-corrected chi connectivity index (χ3v) is 17.8. The molecule has 6 heteroatoms. The third-order valence-electron chi connectivity index (χ3n) is 16.6. The Balaban J connectivity index is 1.20. The third kappa shape index (κ3) is 5.60. The number of anilines is 6. The molecule has 3 nitrogen and oxygen atoms in total. The molecule has 4 aliphatic rings. The van der Waals surface area contributed by atoms with Crippen LogP contribution in [-0.2, 0) is 21.7 Å². The van der Waals surface area contributed by atoms with Crippen molar-refractivity contribution in [2.45, 2.75) is 105 Å². The lowest BCUT2D eigenvalue weighted by Crippen LogP contribution is -2.68. The van der Waals surface area contributed by atoms with Crippen molar-refractivity contribution in [3.63, 3.8) is 0 Å². The molecule has 4 aliphatic heterocycles. The lowest BCUT2D eigenvalue weighted by atomic mass is 9.28. The van der Waals surface area contributed by atoms with Gasteiger partial charge in [-0.3, -0.25) is 0 Å². The molecular formula is C64H59B2N3S. The van der Waals surface area contributed by atoms with Gasteiger partial charge in [-0.25, -0.2) is 0 Å². The summed E-state index contributed by atoms with van der Waals surface area (Å²) in [5, 5.41) is 5.41. The molecule has 0 saturated carbocycles. The van der Waals surface area contributed by atoms with Gasteiger partial charge in [0.15, 0.2) is 0 Å². The van der Waals surface area contributed by atoms with Crippen molar-refractivity contribution in [3.05, 3.63) is 162 Å². The number of benzene rings is 8. The van der Waals surface area contributed by atoms with Crippen molar-refractivity contribution in [2.75, 3.05) is 9.80 Å². The highest BCUT2D eigenvalue weighted by Crippen LogP contribution is 2.51. The molecule has 0 N–H and O–H groups in total. The second-order valence-corrected chi connectivity index (χ2v) is 26.1. The van der Waals surface area contributed by atoms with Gasteiger partial charge >= 0.3 is 0 Å². The van der Waals surface area contributed by atoms with Gasteiger partial charge in [-0.05, 0) is 125 Å². The Morgan fingerprint density at radius 2 is 0.886 bits per heavy atom. The monoisotopic (exact) mass is 923 g/mol. The van der Waals surface area contributed by atoms with Crippen LogP contribution in [0.5, 0.6) is 0 Å². The SMILES string of the molecule is CC(C)(C)c1ccc(N2c3ccc(C(C)(C)C)cc3B3c4cc(C(C)(C)C)ccc4N4c5ccc(C(C)(C)C)cc5B5c6c(cc2c3c64)-n2c3ccccc3c3c4sc6ccccc6c4cc5c32)cc1. The summed E-state index contributed by atoms with van der Waals surface area (Å²) in [5.41, 5.74) is 25.3. The summed E-state index contributed by atoms with van der Waals surface area (Å²) in [6.07, 6.45) is 0. The van der Waals surface area contributed by atoms with Gasteiger partial charge in [-0.2, -0.15) is 0 Å². The van der Waals surface area contributed by atoms with E-state index in [-0.39, 0.29) is 35.1 Å².